The molecule has 0 spiro atoms. The minimum Gasteiger partial charge on any atom is -0.393 e. The second kappa shape index (κ2) is 13.8. The lowest BCUT2D eigenvalue weighted by molar-refractivity contribution is 0.147. The largest absolute Gasteiger partial charge is 0.393 e. The highest BCUT2D eigenvalue weighted by Crippen LogP contribution is 2.13. The van der Waals surface area contributed by atoms with E-state index in [1.807, 2.05) is 6.08 Å². The lowest BCUT2D eigenvalue weighted by Gasteiger charge is -2.09. The third-order valence-electron chi connectivity index (χ3n) is 3.34. The Bertz CT molecular complexity index is 154. The molecule has 0 saturated heterocycles. The van der Waals surface area contributed by atoms with Crippen LogP contribution in [0.25, 0.3) is 0 Å². The Morgan fingerprint density at radius 1 is 0.882 bits per heavy atom. The van der Waals surface area contributed by atoms with Crippen molar-refractivity contribution in [2.75, 3.05) is 0 Å². The fraction of sp³-hybridized carbons (Fsp3) is 0.875. The van der Waals surface area contributed by atoms with Gasteiger partial charge in [-0.15, -0.1) is 6.58 Å². The monoisotopic (exact) mass is 240 g/mol. The summed E-state index contributed by atoms with van der Waals surface area (Å²) in [6, 6.07) is 0. The van der Waals surface area contributed by atoms with Crippen LogP contribution in [-0.4, -0.2) is 11.2 Å². The van der Waals surface area contributed by atoms with Crippen molar-refractivity contribution >= 4 is 0 Å². The fourth-order valence-corrected chi connectivity index (χ4v) is 2.15. The van der Waals surface area contributed by atoms with Gasteiger partial charge in [-0.1, -0.05) is 64.4 Å². The van der Waals surface area contributed by atoms with Crippen LogP contribution in [0.2, 0.25) is 0 Å². The zero-order valence-corrected chi connectivity index (χ0v) is 11.8. The summed E-state index contributed by atoms with van der Waals surface area (Å²) in [5.74, 6) is 0. The van der Waals surface area contributed by atoms with Crippen molar-refractivity contribution in [3.05, 3.63) is 12.7 Å². The first-order valence-electron chi connectivity index (χ1n) is 7.60. The number of allylic oxidation sites excluding steroid dienone is 1. The van der Waals surface area contributed by atoms with Gasteiger partial charge in [0.2, 0.25) is 0 Å². The van der Waals surface area contributed by atoms with Crippen LogP contribution in [0.4, 0.5) is 0 Å². The number of rotatable bonds is 13. The molecule has 0 bridgehead atoms. The Kier molecular flexibility index (Phi) is 13.5. The molecule has 0 aromatic heterocycles. The topological polar surface area (TPSA) is 20.2 Å². The summed E-state index contributed by atoms with van der Waals surface area (Å²) in [6.07, 6.45) is 16.6. The van der Waals surface area contributed by atoms with Gasteiger partial charge in [0, 0.05) is 0 Å². The Morgan fingerprint density at radius 3 is 2.00 bits per heavy atom. The van der Waals surface area contributed by atoms with Crippen molar-refractivity contribution in [1.29, 1.82) is 0 Å². The van der Waals surface area contributed by atoms with Crippen molar-refractivity contribution in [2.24, 2.45) is 0 Å². The van der Waals surface area contributed by atoms with E-state index in [0.717, 1.165) is 19.3 Å². The maximum Gasteiger partial charge on any atom is 0.0540 e. The van der Waals surface area contributed by atoms with E-state index >= 15 is 0 Å². The first-order valence-corrected chi connectivity index (χ1v) is 7.60. The second-order valence-corrected chi connectivity index (χ2v) is 5.14. The smallest absolute Gasteiger partial charge is 0.0540 e. The molecule has 1 nitrogen and oxygen atoms in total. The molecular formula is C16H32O. The van der Waals surface area contributed by atoms with E-state index in [9.17, 15) is 5.11 Å². The Morgan fingerprint density at radius 2 is 1.41 bits per heavy atom. The molecule has 17 heavy (non-hydrogen) atoms. The van der Waals surface area contributed by atoms with E-state index in [-0.39, 0.29) is 6.10 Å². The zero-order chi connectivity index (χ0) is 12.8. The lowest BCUT2D eigenvalue weighted by Crippen LogP contribution is -2.05. The van der Waals surface area contributed by atoms with Gasteiger partial charge in [-0.2, -0.15) is 0 Å². The van der Waals surface area contributed by atoms with Crippen molar-refractivity contribution in [2.45, 2.75) is 90.1 Å². The van der Waals surface area contributed by atoms with Gasteiger partial charge in [0.05, 0.1) is 6.10 Å². The standard InChI is InChI=1S/C16H32O/c1-3-5-7-9-11-13-15-16(17)14-12-10-8-6-4-2/h4,16-17H,2-3,5-15H2,1H3. The van der Waals surface area contributed by atoms with Gasteiger partial charge < -0.3 is 5.11 Å². The zero-order valence-electron chi connectivity index (χ0n) is 11.8. The molecule has 0 aromatic rings. The maximum absolute atomic E-state index is 9.79. The highest BCUT2D eigenvalue weighted by molar-refractivity contribution is 4.66. The molecular weight excluding hydrogens is 208 g/mol. The summed E-state index contributed by atoms with van der Waals surface area (Å²) in [5, 5.41) is 9.79. The summed E-state index contributed by atoms with van der Waals surface area (Å²) in [5.41, 5.74) is 0. The van der Waals surface area contributed by atoms with Crippen LogP contribution >= 0.6 is 0 Å². The molecule has 1 atom stereocenters. The third kappa shape index (κ3) is 13.6. The summed E-state index contributed by atoms with van der Waals surface area (Å²) < 4.78 is 0. The van der Waals surface area contributed by atoms with Gasteiger partial charge in [-0.3, -0.25) is 0 Å². The van der Waals surface area contributed by atoms with Crippen molar-refractivity contribution in [3.63, 3.8) is 0 Å². The minimum absolute atomic E-state index is 0.0510. The SMILES string of the molecule is C=CCCCCCC(O)CCCCCCCC. The van der Waals surface area contributed by atoms with Gasteiger partial charge in [-0.25, -0.2) is 0 Å². The summed E-state index contributed by atoms with van der Waals surface area (Å²) in [7, 11) is 0. The molecule has 1 N–H and O–H groups in total. The Hall–Kier alpha value is -0.300. The van der Waals surface area contributed by atoms with E-state index in [1.54, 1.807) is 0 Å². The van der Waals surface area contributed by atoms with Gasteiger partial charge in [-0.05, 0) is 25.7 Å². The predicted molar refractivity (Wildman–Crippen MR) is 77.3 cm³/mol. The molecule has 1 unspecified atom stereocenters. The molecule has 0 aliphatic rings. The number of unbranched alkanes of at least 4 members (excludes halogenated alkanes) is 8. The average molecular weight is 240 g/mol. The van der Waals surface area contributed by atoms with Gasteiger partial charge in [0.15, 0.2) is 0 Å². The highest BCUT2D eigenvalue weighted by atomic mass is 16.3. The molecule has 1 heteroatoms. The first-order chi connectivity index (χ1) is 8.31. The van der Waals surface area contributed by atoms with E-state index in [4.69, 9.17) is 0 Å². The van der Waals surface area contributed by atoms with Gasteiger partial charge >= 0.3 is 0 Å². The van der Waals surface area contributed by atoms with Gasteiger partial charge in [0.25, 0.3) is 0 Å². The molecule has 0 radical (unpaired) electrons. The fourth-order valence-electron chi connectivity index (χ4n) is 2.15. The van der Waals surface area contributed by atoms with Crippen LogP contribution in [0, 0.1) is 0 Å². The minimum atomic E-state index is -0.0510. The average Bonchev–Trinajstić information content (AvgIpc) is 2.33. The summed E-state index contributed by atoms with van der Waals surface area (Å²) >= 11 is 0. The first kappa shape index (κ1) is 16.7. The molecule has 0 fully saturated rings. The van der Waals surface area contributed by atoms with Crippen LogP contribution in [0.3, 0.4) is 0 Å². The second-order valence-electron chi connectivity index (χ2n) is 5.14. The van der Waals surface area contributed by atoms with E-state index in [1.165, 1.54) is 57.8 Å². The van der Waals surface area contributed by atoms with E-state index in [2.05, 4.69) is 13.5 Å². The molecule has 102 valence electrons. The van der Waals surface area contributed by atoms with Crippen LogP contribution in [0.1, 0.15) is 84.0 Å². The third-order valence-corrected chi connectivity index (χ3v) is 3.34. The lowest BCUT2D eigenvalue weighted by atomic mass is 10.0. The molecule has 0 rings (SSSR count). The van der Waals surface area contributed by atoms with Crippen molar-refractivity contribution in [3.8, 4) is 0 Å². The summed E-state index contributed by atoms with van der Waals surface area (Å²) in [4.78, 5) is 0. The number of hydrogen-bond acceptors (Lipinski definition) is 1. The molecule has 0 heterocycles. The van der Waals surface area contributed by atoms with Crippen LogP contribution < -0.4 is 0 Å². The van der Waals surface area contributed by atoms with Crippen molar-refractivity contribution < 1.29 is 5.11 Å². The van der Waals surface area contributed by atoms with Gasteiger partial charge in [0.1, 0.15) is 0 Å². The molecule has 0 aliphatic carbocycles. The van der Waals surface area contributed by atoms with Crippen LogP contribution in [-0.2, 0) is 0 Å². The van der Waals surface area contributed by atoms with Crippen molar-refractivity contribution in [1.82, 2.24) is 0 Å². The predicted octanol–water partition coefficient (Wildman–Crippen LogP) is 5.23. The molecule has 0 saturated carbocycles. The molecule has 0 aromatic carbocycles. The molecule has 0 amide bonds. The van der Waals surface area contributed by atoms with E-state index in [0.29, 0.717) is 0 Å². The maximum atomic E-state index is 9.79. The molecule has 0 aliphatic heterocycles. The summed E-state index contributed by atoms with van der Waals surface area (Å²) in [6.45, 7) is 5.96. The Labute approximate surface area is 108 Å². The number of hydrogen-bond donors (Lipinski definition) is 1. The van der Waals surface area contributed by atoms with Crippen LogP contribution in [0.15, 0.2) is 12.7 Å². The quantitative estimate of drug-likeness (QED) is 0.345. The Balaban J connectivity index is 3.11. The van der Waals surface area contributed by atoms with Crippen LogP contribution in [0.5, 0.6) is 0 Å². The normalized spacial score (nSPS) is 12.6. The number of aliphatic hydroxyl groups is 1. The highest BCUT2D eigenvalue weighted by Gasteiger charge is 2.03. The van der Waals surface area contributed by atoms with E-state index < -0.39 is 0 Å². The number of aliphatic hydroxyl groups excluding tert-OH is 1.